The molecule has 2 nitrogen and oxygen atoms in total. The summed E-state index contributed by atoms with van der Waals surface area (Å²) in [7, 11) is 2.03. The average molecular weight is 289 g/mol. The molecule has 0 fully saturated rings. The average Bonchev–Trinajstić information content (AvgIpc) is 2.86. The Kier molecular flexibility index (Phi) is 5.32. The molecule has 0 saturated carbocycles. The lowest BCUT2D eigenvalue weighted by Crippen LogP contribution is -2.25. The van der Waals surface area contributed by atoms with E-state index in [2.05, 4.69) is 43.4 Å². The van der Waals surface area contributed by atoms with Crippen molar-refractivity contribution in [2.75, 3.05) is 7.05 Å². The Morgan fingerprint density at radius 2 is 1.90 bits per heavy atom. The first kappa shape index (κ1) is 15.2. The molecule has 0 bridgehead atoms. The SMILES string of the molecule is CCc1ccc(C(NC)C(C)Sc2ccoc2C)cc1. The summed E-state index contributed by atoms with van der Waals surface area (Å²) in [5, 5.41) is 3.87. The van der Waals surface area contributed by atoms with Crippen molar-refractivity contribution in [2.45, 2.75) is 43.4 Å². The van der Waals surface area contributed by atoms with E-state index in [0.717, 1.165) is 12.2 Å². The fourth-order valence-electron chi connectivity index (χ4n) is 2.40. The summed E-state index contributed by atoms with van der Waals surface area (Å²) in [6.45, 7) is 6.45. The zero-order chi connectivity index (χ0) is 14.5. The largest absolute Gasteiger partial charge is 0.468 e. The van der Waals surface area contributed by atoms with Crippen LogP contribution < -0.4 is 5.32 Å². The zero-order valence-corrected chi connectivity index (χ0v) is 13.5. The predicted molar refractivity (Wildman–Crippen MR) is 86.4 cm³/mol. The van der Waals surface area contributed by atoms with Crippen molar-refractivity contribution in [3.8, 4) is 0 Å². The van der Waals surface area contributed by atoms with Crippen LogP contribution in [0.15, 0.2) is 45.9 Å². The summed E-state index contributed by atoms with van der Waals surface area (Å²) < 4.78 is 5.37. The molecule has 0 amide bonds. The third-order valence-electron chi connectivity index (χ3n) is 3.65. The van der Waals surface area contributed by atoms with E-state index < -0.39 is 0 Å². The van der Waals surface area contributed by atoms with Crippen LogP contribution in [0.3, 0.4) is 0 Å². The summed E-state index contributed by atoms with van der Waals surface area (Å²) in [6, 6.07) is 11.3. The van der Waals surface area contributed by atoms with Crippen molar-refractivity contribution in [1.82, 2.24) is 5.32 Å². The van der Waals surface area contributed by atoms with Gasteiger partial charge in [-0.3, -0.25) is 0 Å². The van der Waals surface area contributed by atoms with E-state index in [1.807, 2.05) is 31.8 Å². The lowest BCUT2D eigenvalue weighted by atomic mass is 10.0. The Labute approximate surface area is 126 Å². The quantitative estimate of drug-likeness (QED) is 0.787. The van der Waals surface area contributed by atoms with E-state index >= 15 is 0 Å². The molecule has 0 aliphatic rings. The van der Waals surface area contributed by atoms with Crippen LogP contribution in [0.1, 0.15) is 36.8 Å². The second-order valence-corrected chi connectivity index (χ2v) is 6.44. The topological polar surface area (TPSA) is 25.2 Å². The highest BCUT2D eigenvalue weighted by Gasteiger charge is 2.19. The number of nitrogens with one attached hydrogen (secondary N) is 1. The molecule has 1 heterocycles. The van der Waals surface area contributed by atoms with Crippen LogP contribution in [0.5, 0.6) is 0 Å². The van der Waals surface area contributed by atoms with Crippen LogP contribution in [0.4, 0.5) is 0 Å². The van der Waals surface area contributed by atoms with Gasteiger partial charge in [0.25, 0.3) is 0 Å². The number of thioether (sulfide) groups is 1. The van der Waals surface area contributed by atoms with Gasteiger partial charge in [0.05, 0.1) is 6.26 Å². The molecule has 2 rings (SSSR count). The smallest absolute Gasteiger partial charge is 0.114 e. The van der Waals surface area contributed by atoms with Gasteiger partial charge in [-0.25, -0.2) is 0 Å². The zero-order valence-electron chi connectivity index (χ0n) is 12.6. The summed E-state index contributed by atoms with van der Waals surface area (Å²) in [6.07, 6.45) is 2.85. The predicted octanol–water partition coefficient (Wildman–Crippen LogP) is 4.59. The van der Waals surface area contributed by atoms with E-state index in [4.69, 9.17) is 4.42 Å². The van der Waals surface area contributed by atoms with Crippen molar-refractivity contribution in [3.05, 3.63) is 53.5 Å². The molecule has 0 saturated heterocycles. The van der Waals surface area contributed by atoms with E-state index in [1.165, 1.54) is 16.0 Å². The summed E-state index contributed by atoms with van der Waals surface area (Å²) in [5.74, 6) is 0.998. The molecule has 0 aliphatic carbocycles. The van der Waals surface area contributed by atoms with Crippen molar-refractivity contribution >= 4 is 11.8 Å². The summed E-state index contributed by atoms with van der Waals surface area (Å²) in [5.41, 5.74) is 2.72. The first-order chi connectivity index (χ1) is 9.65. The van der Waals surface area contributed by atoms with Gasteiger partial charge in [-0.05, 0) is 37.6 Å². The molecule has 20 heavy (non-hydrogen) atoms. The Hall–Kier alpha value is -1.19. The van der Waals surface area contributed by atoms with Gasteiger partial charge in [-0.15, -0.1) is 11.8 Å². The van der Waals surface area contributed by atoms with Crippen molar-refractivity contribution < 1.29 is 4.42 Å². The Bertz CT molecular complexity index is 532. The third kappa shape index (κ3) is 3.47. The number of hydrogen-bond donors (Lipinski definition) is 1. The van der Waals surface area contributed by atoms with Crippen LogP contribution in [-0.2, 0) is 6.42 Å². The number of rotatable bonds is 6. The van der Waals surface area contributed by atoms with Gasteiger partial charge < -0.3 is 9.73 Å². The van der Waals surface area contributed by atoms with Gasteiger partial charge in [-0.2, -0.15) is 0 Å². The second-order valence-electron chi connectivity index (χ2n) is 5.03. The monoisotopic (exact) mass is 289 g/mol. The molecule has 2 atom stereocenters. The molecule has 108 valence electrons. The van der Waals surface area contributed by atoms with Crippen molar-refractivity contribution in [1.29, 1.82) is 0 Å². The Balaban J connectivity index is 2.12. The van der Waals surface area contributed by atoms with E-state index in [-0.39, 0.29) is 0 Å². The van der Waals surface area contributed by atoms with E-state index in [9.17, 15) is 0 Å². The molecule has 1 aromatic carbocycles. The van der Waals surface area contributed by atoms with E-state index in [0.29, 0.717) is 11.3 Å². The highest BCUT2D eigenvalue weighted by Crippen LogP contribution is 2.34. The van der Waals surface area contributed by atoms with Gasteiger partial charge in [0.15, 0.2) is 0 Å². The molecular formula is C17H23NOS. The maximum absolute atomic E-state index is 5.37. The molecule has 0 spiro atoms. The van der Waals surface area contributed by atoms with Crippen LogP contribution in [0.2, 0.25) is 0 Å². The highest BCUT2D eigenvalue weighted by molar-refractivity contribution is 8.00. The first-order valence-electron chi connectivity index (χ1n) is 7.12. The Morgan fingerprint density at radius 1 is 1.20 bits per heavy atom. The molecule has 2 unspecified atom stereocenters. The van der Waals surface area contributed by atoms with Crippen LogP contribution >= 0.6 is 11.8 Å². The number of furan rings is 1. The van der Waals surface area contributed by atoms with E-state index in [1.54, 1.807) is 6.26 Å². The number of benzene rings is 1. The third-order valence-corrected chi connectivity index (χ3v) is 4.97. The van der Waals surface area contributed by atoms with Gasteiger partial charge >= 0.3 is 0 Å². The van der Waals surface area contributed by atoms with Crippen molar-refractivity contribution in [3.63, 3.8) is 0 Å². The minimum atomic E-state index is 0.334. The van der Waals surface area contributed by atoms with Crippen molar-refractivity contribution in [2.24, 2.45) is 0 Å². The second kappa shape index (κ2) is 7.00. The molecule has 2 aromatic rings. The maximum atomic E-state index is 5.37. The highest BCUT2D eigenvalue weighted by atomic mass is 32.2. The lowest BCUT2D eigenvalue weighted by molar-refractivity contribution is 0.526. The van der Waals surface area contributed by atoms with Crippen LogP contribution in [0.25, 0.3) is 0 Å². The standard InChI is InChI=1S/C17H23NOS/c1-5-14-6-8-15(9-7-14)17(18-4)13(3)20-16-10-11-19-12(16)2/h6-11,13,17-18H,5H2,1-4H3. The summed E-state index contributed by atoms with van der Waals surface area (Å²) in [4.78, 5) is 1.22. The molecule has 0 aliphatic heterocycles. The van der Waals surface area contributed by atoms with Crippen LogP contribution in [0, 0.1) is 6.92 Å². The molecule has 3 heteroatoms. The minimum absolute atomic E-state index is 0.334. The lowest BCUT2D eigenvalue weighted by Gasteiger charge is -2.23. The Morgan fingerprint density at radius 3 is 2.40 bits per heavy atom. The van der Waals surface area contributed by atoms with Gasteiger partial charge in [0, 0.05) is 16.2 Å². The molecule has 1 aromatic heterocycles. The van der Waals surface area contributed by atoms with Crippen LogP contribution in [-0.4, -0.2) is 12.3 Å². The molecule has 1 N–H and O–H groups in total. The normalized spacial score (nSPS) is 14.2. The maximum Gasteiger partial charge on any atom is 0.114 e. The van der Waals surface area contributed by atoms with Gasteiger partial charge in [0.1, 0.15) is 5.76 Å². The fraction of sp³-hybridized carbons (Fsp3) is 0.412. The minimum Gasteiger partial charge on any atom is -0.468 e. The molecule has 0 radical (unpaired) electrons. The number of hydrogen-bond acceptors (Lipinski definition) is 3. The molecular weight excluding hydrogens is 266 g/mol. The number of aryl methyl sites for hydroxylation is 2. The fourth-order valence-corrected chi connectivity index (χ4v) is 3.58. The van der Waals surface area contributed by atoms with Gasteiger partial charge in [-0.1, -0.05) is 38.1 Å². The van der Waals surface area contributed by atoms with Gasteiger partial charge in [0.2, 0.25) is 0 Å². The summed E-state index contributed by atoms with van der Waals surface area (Å²) >= 11 is 1.86. The first-order valence-corrected chi connectivity index (χ1v) is 8.00.